The van der Waals surface area contributed by atoms with Crippen LogP contribution in [0.2, 0.25) is 0 Å². The van der Waals surface area contributed by atoms with Gasteiger partial charge in [-0.2, -0.15) is 13.2 Å². The van der Waals surface area contributed by atoms with Gasteiger partial charge in [0, 0.05) is 12.0 Å². The van der Waals surface area contributed by atoms with Crippen molar-refractivity contribution >= 4 is 5.97 Å². The highest BCUT2D eigenvalue weighted by molar-refractivity contribution is 5.79. The van der Waals surface area contributed by atoms with Crippen LogP contribution in [0.1, 0.15) is 50.3 Å². The molecule has 0 N–H and O–H groups in total. The van der Waals surface area contributed by atoms with Crippen LogP contribution in [0.15, 0.2) is 42.5 Å². The third-order valence-corrected chi connectivity index (χ3v) is 4.44. The summed E-state index contributed by atoms with van der Waals surface area (Å²) in [5.74, 6) is 6.59. The van der Waals surface area contributed by atoms with E-state index >= 15 is 0 Å². The molecule has 0 bridgehead atoms. The summed E-state index contributed by atoms with van der Waals surface area (Å²) < 4.78 is 54.2. The van der Waals surface area contributed by atoms with E-state index in [4.69, 9.17) is 14.2 Å². The summed E-state index contributed by atoms with van der Waals surface area (Å²) in [5, 5.41) is 0. The number of hydrogen-bond donors (Lipinski definition) is 0. The molecule has 0 aliphatic rings. The molecule has 2 aromatic rings. The summed E-state index contributed by atoms with van der Waals surface area (Å²) >= 11 is 0. The number of carbonyl (C=O) groups is 1. The summed E-state index contributed by atoms with van der Waals surface area (Å²) in [4.78, 5) is 12.0. The van der Waals surface area contributed by atoms with Crippen molar-refractivity contribution in [3.8, 4) is 23.3 Å². The highest BCUT2D eigenvalue weighted by atomic mass is 19.4. The molecule has 0 saturated carbocycles. The molecule has 2 rings (SSSR count). The molecule has 4 nitrogen and oxygen atoms in total. The Balaban J connectivity index is 1.81. The Labute approximate surface area is 186 Å². The second-order valence-corrected chi connectivity index (χ2v) is 7.59. The van der Waals surface area contributed by atoms with Gasteiger partial charge in [0.05, 0.1) is 18.8 Å². The number of benzene rings is 2. The van der Waals surface area contributed by atoms with Crippen LogP contribution in [-0.2, 0) is 15.7 Å². The van der Waals surface area contributed by atoms with E-state index in [0.29, 0.717) is 36.5 Å². The number of esters is 1. The fourth-order valence-corrected chi connectivity index (χ4v) is 2.71. The molecule has 0 atom stereocenters. The zero-order valence-electron chi connectivity index (χ0n) is 18.6. The summed E-state index contributed by atoms with van der Waals surface area (Å²) in [6, 6.07) is 10.1. The van der Waals surface area contributed by atoms with Gasteiger partial charge in [-0.05, 0) is 82.1 Å². The van der Waals surface area contributed by atoms with Gasteiger partial charge >= 0.3 is 12.1 Å². The number of hydrogen-bond acceptors (Lipinski definition) is 4. The van der Waals surface area contributed by atoms with E-state index in [1.807, 2.05) is 13.0 Å². The van der Waals surface area contributed by atoms with Crippen molar-refractivity contribution in [2.45, 2.75) is 52.3 Å². The number of ether oxygens (including phenoxy) is 3. The predicted octanol–water partition coefficient (Wildman–Crippen LogP) is 5.95. The fraction of sp³-hybridized carbons (Fsp3) is 0.400. The van der Waals surface area contributed by atoms with E-state index in [2.05, 4.69) is 11.8 Å². The number of rotatable bonds is 8. The lowest BCUT2D eigenvalue weighted by molar-refractivity contribution is -0.158. The van der Waals surface area contributed by atoms with Crippen LogP contribution in [0, 0.1) is 18.8 Å². The molecule has 0 saturated heterocycles. The van der Waals surface area contributed by atoms with Crippen LogP contribution in [0.3, 0.4) is 0 Å². The molecule has 172 valence electrons. The minimum atomic E-state index is -4.34. The van der Waals surface area contributed by atoms with E-state index in [-0.39, 0.29) is 6.61 Å². The van der Waals surface area contributed by atoms with Crippen LogP contribution < -0.4 is 9.47 Å². The van der Waals surface area contributed by atoms with Crippen molar-refractivity contribution in [1.82, 2.24) is 0 Å². The third kappa shape index (κ3) is 7.52. The van der Waals surface area contributed by atoms with E-state index in [0.717, 1.165) is 17.7 Å². The molecule has 0 unspecified atom stereocenters. The van der Waals surface area contributed by atoms with Crippen LogP contribution in [-0.4, -0.2) is 24.8 Å². The minimum Gasteiger partial charge on any atom is -0.494 e. The zero-order chi connectivity index (χ0) is 23.8. The Morgan fingerprint density at radius 1 is 1.06 bits per heavy atom. The minimum absolute atomic E-state index is 0.284. The summed E-state index contributed by atoms with van der Waals surface area (Å²) in [6.07, 6.45) is -3.13. The first kappa shape index (κ1) is 25.1. The number of alkyl halides is 3. The van der Waals surface area contributed by atoms with Gasteiger partial charge in [0.2, 0.25) is 0 Å². The van der Waals surface area contributed by atoms with Crippen LogP contribution in [0.4, 0.5) is 13.2 Å². The number of aryl methyl sites for hydroxylation is 1. The van der Waals surface area contributed by atoms with Crippen molar-refractivity contribution in [2.75, 3.05) is 13.2 Å². The first-order valence-corrected chi connectivity index (χ1v) is 10.3. The molecule has 0 aromatic heterocycles. The Morgan fingerprint density at radius 3 is 2.34 bits per heavy atom. The molecule has 0 aliphatic carbocycles. The van der Waals surface area contributed by atoms with Crippen LogP contribution >= 0.6 is 0 Å². The number of halogens is 3. The van der Waals surface area contributed by atoms with Gasteiger partial charge in [-0.3, -0.25) is 0 Å². The molecular formula is C25H27F3O4. The second-order valence-electron chi connectivity index (χ2n) is 7.59. The van der Waals surface area contributed by atoms with Crippen molar-refractivity contribution in [2.24, 2.45) is 0 Å². The normalized spacial score (nSPS) is 11.3. The maximum absolute atomic E-state index is 12.6. The topological polar surface area (TPSA) is 44.8 Å². The number of carbonyl (C=O) groups excluding carboxylic acids is 1. The quantitative estimate of drug-likeness (QED) is 0.285. The molecular weight excluding hydrogens is 421 g/mol. The molecule has 32 heavy (non-hydrogen) atoms. The van der Waals surface area contributed by atoms with Gasteiger partial charge < -0.3 is 14.2 Å². The monoisotopic (exact) mass is 448 g/mol. The third-order valence-electron chi connectivity index (χ3n) is 4.44. The van der Waals surface area contributed by atoms with E-state index in [9.17, 15) is 18.0 Å². The van der Waals surface area contributed by atoms with Gasteiger partial charge in [0.1, 0.15) is 11.5 Å². The van der Waals surface area contributed by atoms with E-state index in [1.54, 1.807) is 32.9 Å². The molecule has 0 aliphatic heterocycles. The Kier molecular flexibility index (Phi) is 8.59. The number of unbranched alkanes of at least 4 members (excludes halogenated alkanes) is 1. The lowest BCUT2D eigenvalue weighted by Crippen LogP contribution is -2.39. The van der Waals surface area contributed by atoms with Gasteiger partial charge in [-0.15, -0.1) is 0 Å². The SMILES string of the molecule is CCOC(=O)C(C)(C)Oc1ccc(OCCCC#Cc2ccc(C(F)(F)F)cc2)cc1C. The van der Waals surface area contributed by atoms with Crippen molar-refractivity contribution < 1.29 is 32.2 Å². The van der Waals surface area contributed by atoms with Crippen molar-refractivity contribution in [3.63, 3.8) is 0 Å². The van der Waals surface area contributed by atoms with Crippen molar-refractivity contribution in [1.29, 1.82) is 0 Å². The highest BCUT2D eigenvalue weighted by Crippen LogP contribution is 2.29. The van der Waals surface area contributed by atoms with Crippen molar-refractivity contribution in [3.05, 3.63) is 59.2 Å². The second kappa shape index (κ2) is 10.9. The summed E-state index contributed by atoms with van der Waals surface area (Å²) in [6.45, 7) is 7.63. The Hall–Kier alpha value is -3.14. The van der Waals surface area contributed by atoms with E-state index in [1.165, 1.54) is 12.1 Å². The van der Waals surface area contributed by atoms with Gasteiger partial charge in [-0.25, -0.2) is 4.79 Å². The molecule has 7 heteroatoms. The lowest BCUT2D eigenvalue weighted by Gasteiger charge is -2.25. The largest absolute Gasteiger partial charge is 0.494 e. The van der Waals surface area contributed by atoms with E-state index < -0.39 is 23.3 Å². The first-order valence-electron chi connectivity index (χ1n) is 10.3. The molecule has 0 amide bonds. The zero-order valence-corrected chi connectivity index (χ0v) is 18.6. The average Bonchev–Trinajstić information content (AvgIpc) is 2.72. The smallest absolute Gasteiger partial charge is 0.416 e. The van der Waals surface area contributed by atoms with Crippen LogP contribution in [0.25, 0.3) is 0 Å². The summed E-state index contributed by atoms with van der Waals surface area (Å²) in [7, 11) is 0. The standard InChI is InChI=1S/C25H27F3O4/c1-5-30-23(29)24(3,4)32-22-15-14-21(17-18(22)2)31-16-8-6-7-9-19-10-12-20(13-11-19)25(26,27)28/h10-15,17H,5-6,8,16H2,1-4H3. The highest BCUT2D eigenvalue weighted by Gasteiger charge is 2.32. The lowest BCUT2D eigenvalue weighted by atomic mass is 10.1. The van der Waals surface area contributed by atoms with Gasteiger partial charge in [-0.1, -0.05) is 11.8 Å². The van der Waals surface area contributed by atoms with Gasteiger partial charge in [0.25, 0.3) is 0 Å². The molecule has 0 fully saturated rings. The van der Waals surface area contributed by atoms with Crippen LogP contribution in [0.5, 0.6) is 11.5 Å². The predicted molar refractivity (Wildman–Crippen MR) is 116 cm³/mol. The first-order chi connectivity index (χ1) is 15.0. The maximum atomic E-state index is 12.6. The fourth-order valence-electron chi connectivity index (χ4n) is 2.71. The molecule has 0 heterocycles. The Morgan fingerprint density at radius 2 is 1.75 bits per heavy atom. The average molecular weight is 448 g/mol. The summed E-state index contributed by atoms with van der Waals surface area (Å²) in [5.41, 5.74) is -0.431. The molecule has 2 aromatic carbocycles. The Bertz CT molecular complexity index is 967. The van der Waals surface area contributed by atoms with Gasteiger partial charge in [0.15, 0.2) is 5.60 Å². The molecule has 0 spiro atoms. The molecule has 0 radical (unpaired) electrons. The maximum Gasteiger partial charge on any atom is 0.416 e.